The second-order valence-electron chi connectivity index (χ2n) is 9.45. The zero-order valence-electron chi connectivity index (χ0n) is 20.7. The van der Waals surface area contributed by atoms with Gasteiger partial charge in [0.05, 0.1) is 0 Å². The van der Waals surface area contributed by atoms with E-state index < -0.39 is 0 Å². The predicted octanol–water partition coefficient (Wildman–Crippen LogP) is 4.41. The highest BCUT2D eigenvalue weighted by Crippen LogP contribution is 2.18. The maximum Gasteiger partial charge on any atom is 0.254 e. The molecule has 184 valence electrons. The van der Waals surface area contributed by atoms with Crippen molar-refractivity contribution in [3.63, 3.8) is 0 Å². The number of carbonyl (C=O) groups is 2. The Kier molecular flexibility index (Phi) is 7.14. The van der Waals surface area contributed by atoms with Crippen LogP contribution in [0.4, 0.5) is 0 Å². The van der Waals surface area contributed by atoms with Crippen LogP contribution in [0.3, 0.4) is 0 Å². The van der Waals surface area contributed by atoms with E-state index >= 15 is 0 Å². The summed E-state index contributed by atoms with van der Waals surface area (Å²) in [6.45, 7) is 6.39. The summed E-state index contributed by atoms with van der Waals surface area (Å²) in [6.07, 6.45) is 2.80. The van der Waals surface area contributed by atoms with Crippen LogP contribution in [0, 0.1) is 6.92 Å². The summed E-state index contributed by atoms with van der Waals surface area (Å²) in [6, 6.07) is 23.8. The zero-order chi connectivity index (χ0) is 24.9. The molecule has 1 aromatic heterocycles. The molecular weight excluding hydrogens is 448 g/mol. The molecule has 0 radical (unpaired) electrons. The van der Waals surface area contributed by atoms with Crippen molar-refractivity contribution < 1.29 is 9.59 Å². The van der Waals surface area contributed by atoms with Gasteiger partial charge in [0, 0.05) is 67.5 Å². The number of rotatable bonds is 7. The summed E-state index contributed by atoms with van der Waals surface area (Å²) in [7, 11) is 0. The third-order valence-corrected chi connectivity index (χ3v) is 6.99. The Morgan fingerprint density at radius 3 is 2.53 bits per heavy atom. The van der Waals surface area contributed by atoms with Gasteiger partial charge in [0.2, 0.25) is 0 Å². The fourth-order valence-electron chi connectivity index (χ4n) is 4.91. The lowest BCUT2D eigenvalue weighted by molar-refractivity contribution is 0.0627. The van der Waals surface area contributed by atoms with Crippen LogP contribution < -0.4 is 5.32 Å². The largest absolute Gasteiger partial charge is 0.361 e. The van der Waals surface area contributed by atoms with E-state index in [0.29, 0.717) is 25.2 Å². The monoisotopic (exact) mass is 480 g/mol. The van der Waals surface area contributed by atoms with Gasteiger partial charge in [0.15, 0.2) is 0 Å². The number of para-hydroxylation sites is 1. The first-order valence-electron chi connectivity index (χ1n) is 12.6. The smallest absolute Gasteiger partial charge is 0.254 e. The van der Waals surface area contributed by atoms with Crippen LogP contribution in [0.15, 0.2) is 79.0 Å². The maximum absolute atomic E-state index is 12.9. The second kappa shape index (κ2) is 10.8. The summed E-state index contributed by atoms with van der Waals surface area (Å²) < 4.78 is 0. The van der Waals surface area contributed by atoms with Gasteiger partial charge in [0.1, 0.15) is 0 Å². The van der Waals surface area contributed by atoms with Gasteiger partial charge in [-0.15, -0.1) is 0 Å². The Hall–Kier alpha value is -3.90. The van der Waals surface area contributed by atoms with E-state index in [4.69, 9.17) is 0 Å². The molecule has 6 heteroatoms. The van der Waals surface area contributed by atoms with Crippen molar-refractivity contribution in [2.45, 2.75) is 19.9 Å². The van der Waals surface area contributed by atoms with E-state index in [1.165, 1.54) is 10.9 Å². The van der Waals surface area contributed by atoms with Crippen molar-refractivity contribution in [3.05, 3.63) is 107 Å². The van der Waals surface area contributed by atoms with E-state index in [0.717, 1.165) is 48.3 Å². The van der Waals surface area contributed by atoms with Crippen LogP contribution in [0.5, 0.6) is 0 Å². The van der Waals surface area contributed by atoms with Crippen LogP contribution in [-0.4, -0.2) is 59.3 Å². The van der Waals surface area contributed by atoms with E-state index in [-0.39, 0.29) is 11.8 Å². The standard InChI is InChI=1S/C30H32N4O2/c1-22-7-2-3-10-26(22)30(36)34-17-15-33(16-18-34)21-23-8-6-9-24(19-23)29(35)31-14-13-25-20-32-28-12-5-4-11-27(25)28/h2-12,19-20,32H,13-18,21H2,1H3,(H,31,35). The lowest BCUT2D eigenvalue weighted by atomic mass is 10.1. The fraction of sp³-hybridized carbons (Fsp3) is 0.267. The first kappa shape index (κ1) is 23.8. The molecular formula is C30H32N4O2. The molecule has 2 N–H and O–H groups in total. The number of fused-ring (bicyclic) bond motifs is 1. The van der Waals surface area contributed by atoms with E-state index in [2.05, 4.69) is 33.4 Å². The molecule has 0 atom stereocenters. The SMILES string of the molecule is Cc1ccccc1C(=O)N1CCN(Cc2cccc(C(=O)NCCc3c[nH]c4ccccc34)c2)CC1. The number of amides is 2. The lowest BCUT2D eigenvalue weighted by Gasteiger charge is -2.35. The number of carbonyl (C=O) groups excluding carboxylic acids is 2. The molecule has 1 fully saturated rings. The average Bonchev–Trinajstić information content (AvgIpc) is 3.32. The molecule has 1 saturated heterocycles. The van der Waals surface area contributed by atoms with Gasteiger partial charge in [-0.1, -0.05) is 48.5 Å². The number of benzene rings is 3. The third kappa shape index (κ3) is 5.34. The highest BCUT2D eigenvalue weighted by molar-refractivity contribution is 5.96. The first-order chi connectivity index (χ1) is 17.6. The van der Waals surface area contributed by atoms with Gasteiger partial charge in [0.25, 0.3) is 11.8 Å². The van der Waals surface area contributed by atoms with Gasteiger partial charge >= 0.3 is 0 Å². The molecule has 1 aliphatic heterocycles. The molecule has 0 saturated carbocycles. The molecule has 0 spiro atoms. The Morgan fingerprint density at radius 1 is 0.917 bits per heavy atom. The highest BCUT2D eigenvalue weighted by Gasteiger charge is 2.23. The number of hydrogen-bond acceptors (Lipinski definition) is 3. The Balaban J connectivity index is 1.12. The zero-order valence-corrected chi connectivity index (χ0v) is 20.7. The molecule has 0 bridgehead atoms. The average molecular weight is 481 g/mol. The second-order valence-corrected chi connectivity index (χ2v) is 9.45. The molecule has 36 heavy (non-hydrogen) atoms. The van der Waals surface area contributed by atoms with E-state index in [1.807, 2.05) is 72.6 Å². The van der Waals surface area contributed by atoms with Gasteiger partial charge in [-0.05, 0) is 54.3 Å². The molecule has 3 aromatic carbocycles. The van der Waals surface area contributed by atoms with Crippen LogP contribution in [0.25, 0.3) is 10.9 Å². The Bertz CT molecular complexity index is 1370. The van der Waals surface area contributed by atoms with Crippen molar-refractivity contribution in [1.82, 2.24) is 20.1 Å². The van der Waals surface area contributed by atoms with E-state index in [1.54, 1.807) is 0 Å². The van der Waals surface area contributed by atoms with Crippen molar-refractivity contribution >= 4 is 22.7 Å². The van der Waals surface area contributed by atoms with Gasteiger partial charge in [-0.2, -0.15) is 0 Å². The van der Waals surface area contributed by atoms with Crippen LogP contribution >= 0.6 is 0 Å². The molecule has 1 aliphatic rings. The van der Waals surface area contributed by atoms with Crippen LogP contribution in [0.2, 0.25) is 0 Å². The number of hydrogen-bond donors (Lipinski definition) is 2. The molecule has 4 aromatic rings. The summed E-state index contributed by atoms with van der Waals surface area (Å²) in [5.41, 5.74) is 5.92. The highest BCUT2D eigenvalue weighted by atomic mass is 16.2. The van der Waals surface area contributed by atoms with Gasteiger partial charge in [-0.3, -0.25) is 14.5 Å². The molecule has 6 nitrogen and oxygen atoms in total. The van der Waals surface area contributed by atoms with E-state index in [9.17, 15) is 9.59 Å². The number of nitrogens with zero attached hydrogens (tertiary/aromatic N) is 2. The summed E-state index contributed by atoms with van der Waals surface area (Å²) in [5, 5.41) is 4.26. The number of aryl methyl sites for hydroxylation is 1. The van der Waals surface area contributed by atoms with Crippen LogP contribution in [-0.2, 0) is 13.0 Å². The quantitative estimate of drug-likeness (QED) is 0.412. The number of H-pyrrole nitrogens is 1. The summed E-state index contributed by atoms with van der Waals surface area (Å²) in [4.78, 5) is 33.2. The number of aromatic nitrogens is 1. The Labute approximate surface area is 211 Å². The minimum atomic E-state index is -0.0506. The Morgan fingerprint density at radius 2 is 1.69 bits per heavy atom. The van der Waals surface area contributed by atoms with Crippen molar-refractivity contribution in [3.8, 4) is 0 Å². The topological polar surface area (TPSA) is 68.4 Å². The molecule has 0 unspecified atom stereocenters. The number of aromatic amines is 1. The first-order valence-corrected chi connectivity index (χ1v) is 12.6. The molecule has 0 aliphatic carbocycles. The number of piperazine rings is 1. The fourth-order valence-corrected chi connectivity index (χ4v) is 4.91. The van der Waals surface area contributed by atoms with Crippen molar-refractivity contribution in [1.29, 1.82) is 0 Å². The van der Waals surface area contributed by atoms with Crippen LogP contribution in [0.1, 0.15) is 37.4 Å². The minimum Gasteiger partial charge on any atom is -0.361 e. The minimum absolute atomic E-state index is 0.0506. The summed E-state index contributed by atoms with van der Waals surface area (Å²) >= 11 is 0. The van der Waals surface area contributed by atoms with Crippen molar-refractivity contribution in [2.24, 2.45) is 0 Å². The third-order valence-electron chi connectivity index (χ3n) is 6.99. The molecule has 2 amide bonds. The van der Waals surface area contributed by atoms with Gasteiger partial charge < -0.3 is 15.2 Å². The number of nitrogens with one attached hydrogen (secondary N) is 2. The summed E-state index contributed by atoms with van der Waals surface area (Å²) in [5.74, 6) is 0.0596. The normalized spacial score (nSPS) is 14.2. The molecule has 2 heterocycles. The van der Waals surface area contributed by atoms with Crippen molar-refractivity contribution in [2.75, 3.05) is 32.7 Å². The maximum atomic E-state index is 12.9. The predicted molar refractivity (Wildman–Crippen MR) is 143 cm³/mol. The van der Waals surface area contributed by atoms with Gasteiger partial charge in [-0.25, -0.2) is 0 Å². The lowest BCUT2D eigenvalue weighted by Crippen LogP contribution is -2.48. The molecule has 5 rings (SSSR count).